The summed E-state index contributed by atoms with van der Waals surface area (Å²) < 4.78 is 0. The zero-order valence-corrected chi connectivity index (χ0v) is 8.14. The summed E-state index contributed by atoms with van der Waals surface area (Å²) in [6.45, 7) is 10.4. The Bertz CT molecular complexity index is 184. The molecule has 1 rings (SSSR count). The summed E-state index contributed by atoms with van der Waals surface area (Å²) in [5, 5.41) is 0. The predicted molar refractivity (Wildman–Crippen MR) is 52.0 cm³/mol. The Morgan fingerprint density at radius 2 is 1.92 bits per heavy atom. The third-order valence-corrected chi connectivity index (χ3v) is 2.42. The van der Waals surface area contributed by atoms with Crippen molar-refractivity contribution in [1.82, 2.24) is 9.80 Å². The van der Waals surface area contributed by atoms with E-state index in [0.717, 1.165) is 32.6 Å². The first-order valence-electron chi connectivity index (χ1n) is 4.60. The van der Waals surface area contributed by atoms with Crippen molar-refractivity contribution >= 4 is 0 Å². The Labute approximate surface area is 75.2 Å². The first-order chi connectivity index (χ1) is 5.77. The first-order valence-corrected chi connectivity index (χ1v) is 4.60. The first kappa shape index (κ1) is 9.37. The third-order valence-electron chi connectivity index (χ3n) is 2.42. The lowest BCUT2D eigenvalue weighted by molar-refractivity contribution is 0.183. The average molecular weight is 166 g/mol. The summed E-state index contributed by atoms with van der Waals surface area (Å²) in [6, 6.07) is 0. The minimum atomic E-state index is 1.05. The smallest absolute Gasteiger partial charge is 0.0555 e. The van der Waals surface area contributed by atoms with Gasteiger partial charge in [0.05, 0.1) is 5.70 Å². The highest BCUT2D eigenvalue weighted by Gasteiger charge is 2.14. The van der Waals surface area contributed by atoms with Gasteiger partial charge in [0.15, 0.2) is 0 Å². The molecule has 0 aromatic heterocycles. The van der Waals surface area contributed by atoms with Crippen LogP contribution in [0.3, 0.4) is 0 Å². The number of allylic oxidation sites excluding steroid dienone is 1. The Hall–Kier alpha value is -0.720. The third kappa shape index (κ3) is 2.13. The predicted octanol–water partition coefficient (Wildman–Crippen LogP) is 1.31. The molecule has 1 aliphatic heterocycles. The van der Waals surface area contributed by atoms with Crippen molar-refractivity contribution in [3.63, 3.8) is 0 Å². The molecule has 0 atom stereocenters. The molecule has 0 bridgehead atoms. The van der Waals surface area contributed by atoms with Crippen molar-refractivity contribution in [2.75, 3.05) is 33.2 Å². The fraction of sp³-hybridized carbons (Fsp3) is 0.700. The molecule has 0 aliphatic carbocycles. The number of nitrogens with zero attached hydrogens (tertiary/aromatic N) is 2. The molecule has 68 valence electrons. The summed E-state index contributed by atoms with van der Waals surface area (Å²) in [7, 11) is 2.17. The fourth-order valence-electron chi connectivity index (χ4n) is 1.54. The monoisotopic (exact) mass is 166 g/mol. The maximum Gasteiger partial charge on any atom is 0.0555 e. The zero-order valence-electron chi connectivity index (χ0n) is 8.14. The number of hydrogen-bond donors (Lipinski definition) is 0. The normalized spacial score (nSPS) is 19.0. The highest BCUT2D eigenvalue weighted by Crippen LogP contribution is 2.09. The minimum absolute atomic E-state index is 1.05. The molecule has 1 saturated heterocycles. The van der Waals surface area contributed by atoms with Crippen LogP contribution < -0.4 is 0 Å². The molecule has 0 amide bonds. The highest BCUT2D eigenvalue weighted by molar-refractivity contribution is 4.99. The summed E-state index contributed by atoms with van der Waals surface area (Å²) in [5.41, 5.74) is 4.28. The summed E-state index contributed by atoms with van der Waals surface area (Å²) >= 11 is 0. The van der Waals surface area contributed by atoms with Gasteiger partial charge in [-0.25, -0.2) is 0 Å². The Balaban J connectivity index is 2.49. The largest absolute Gasteiger partial charge is 0.366 e. The van der Waals surface area contributed by atoms with Gasteiger partial charge in [-0.2, -0.15) is 0 Å². The van der Waals surface area contributed by atoms with Crippen LogP contribution in [0.4, 0.5) is 0 Å². The maximum absolute atomic E-state index is 3.71. The van der Waals surface area contributed by atoms with Crippen molar-refractivity contribution in [3.8, 4) is 0 Å². The number of piperazine rings is 1. The van der Waals surface area contributed by atoms with Crippen LogP contribution >= 0.6 is 0 Å². The van der Waals surface area contributed by atoms with Crippen LogP contribution in [0.5, 0.6) is 0 Å². The van der Waals surface area contributed by atoms with Gasteiger partial charge in [0, 0.05) is 26.2 Å². The van der Waals surface area contributed by atoms with Crippen LogP contribution in [-0.4, -0.2) is 43.0 Å². The second kappa shape index (κ2) is 4.34. The number of hydrogen-bond acceptors (Lipinski definition) is 2. The Morgan fingerprint density at radius 3 is 2.33 bits per heavy atom. The van der Waals surface area contributed by atoms with Crippen LogP contribution in [0.1, 0.15) is 13.3 Å². The molecule has 0 N–H and O–H groups in total. The molecule has 1 aliphatic rings. The van der Waals surface area contributed by atoms with E-state index < -0.39 is 0 Å². The summed E-state index contributed by atoms with van der Waals surface area (Å²) in [5.74, 6) is 0. The molecule has 0 aromatic rings. The standard InChI is InChI=1S/C10H18N2/c1-4-10(5-2)12-8-6-11(3)7-9-12/h1,5-9H2,2-3H3. The number of likely N-dealkylation sites (N-methyl/N-ethyl adjacent to an activating group) is 1. The van der Waals surface area contributed by atoms with Gasteiger partial charge >= 0.3 is 0 Å². The fourth-order valence-corrected chi connectivity index (χ4v) is 1.54. The molecule has 1 heterocycles. The molecule has 0 unspecified atom stereocenters. The minimum Gasteiger partial charge on any atom is -0.366 e. The maximum atomic E-state index is 3.71. The van der Waals surface area contributed by atoms with Crippen LogP contribution in [0.15, 0.2) is 18.0 Å². The van der Waals surface area contributed by atoms with Gasteiger partial charge in [-0.05, 0) is 13.5 Å². The molecule has 0 saturated carbocycles. The van der Waals surface area contributed by atoms with Gasteiger partial charge in [0.1, 0.15) is 0 Å². The molecular weight excluding hydrogens is 148 g/mol. The highest BCUT2D eigenvalue weighted by atomic mass is 15.2. The van der Waals surface area contributed by atoms with E-state index in [-0.39, 0.29) is 0 Å². The van der Waals surface area contributed by atoms with E-state index in [0.29, 0.717) is 0 Å². The van der Waals surface area contributed by atoms with Gasteiger partial charge in [-0.1, -0.05) is 13.5 Å². The topological polar surface area (TPSA) is 6.48 Å². The van der Waals surface area contributed by atoms with Gasteiger partial charge < -0.3 is 9.80 Å². The molecule has 0 spiro atoms. The Morgan fingerprint density at radius 1 is 1.33 bits per heavy atom. The molecule has 2 heteroatoms. The van der Waals surface area contributed by atoms with E-state index in [1.165, 1.54) is 5.70 Å². The van der Waals surface area contributed by atoms with Crippen LogP contribution in [0.25, 0.3) is 0 Å². The Kier molecular flexibility index (Phi) is 3.39. The number of rotatable bonds is 2. The SMILES string of the molecule is C=C=C(CC)N1CCN(C)CC1. The van der Waals surface area contributed by atoms with E-state index >= 15 is 0 Å². The average Bonchev–Trinajstić information content (AvgIpc) is 2.10. The molecule has 12 heavy (non-hydrogen) atoms. The van der Waals surface area contributed by atoms with Crippen molar-refractivity contribution < 1.29 is 0 Å². The molecule has 0 aromatic carbocycles. The lowest BCUT2D eigenvalue weighted by Crippen LogP contribution is -2.43. The van der Waals surface area contributed by atoms with Crippen LogP contribution in [-0.2, 0) is 0 Å². The second-order valence-corrected chi connectivity index (χ2v) is 3.27. The van der Waals surface area contributed by atoms with E-state index in [4.69, 9.17) is 0 Å². The molecule has 0 radical (unpaired) electrons. The van der Waals surface area contributed by atoms with E-state index in [2.05, 4.69) is 36.1 Å². The van der Waals surface area contributed by atoms with Crippen molar-refractivity contribution in [1.29, 1.82) is 0 Å². The van der Waals surface area contributed by atoms with Crippen molar-refractivity contribution in [3.05, 3.63) is 18.0 Å². The molecular formula is C10H18N2. The van der Waals surface area contributed by atoms with Gasteiger partial charge in [0.2, 0.25) is 0 Å². The second-order valence-electron chi connectivity index (χ2n) is 3.27. The lowest BCUT2D eigenvalue weighted by Gasteiger charge is -2.34. The molecule has 1 fully saturated rings. The molecule has 2 nitrogen and oxygen atoms in total. The summed E-state index contributed by atoms with van der Waals surface area (Å²) in [6.07, 6.45) is 1.05. The van der Waals surface area contributed by atoms with E-state index in [9.17, 15) is 0 Å². The van der Waals surface area contributed by atoms with Gasteiger partial charge in [-0.15, -0.1) is 5.73 Å². The van der Waals surface area contributed by atoms with Crippen LogP contribution in [0.2, 0.25) is 0 Å². The summed E-state index contributed by atoms with van der Waals surface area (Å²) in [4.78, 5) is 4.74. The zero-order chi connectivity index (χ0) is 8.97. The van der Waals surface area contributed by atoms with Gasteiger partial charge in [0.25, 0.3) is 0 Å². The van der Waals surface area contributed by atoms with E-state index in [1.807, 2.05) is 0 Å². The lowest BCUT2D eigenvalue weighted by atomic mass is 10.2. The van der Waals surface area contributed by atoms with Gasteiger partial charge in [-0.3, -0.25) is 0 Å². The quantitative estimate of drug-likeness (QED) is 0.571. The van der Waals surface area contributed by atoms with Crippen molar-refractivity contribution in [2.24, 2.45) is 0 Å². The van der Waals surface area contributed by atoms with E-state index in [1.54, 1.807) is 0 Å². The van der Waals surface area contributed by atoms with Crippen molar-refractivity contribution in [2.45, 2.75) is 13.3 Å². The van der Waals surface area contributed by atoms with Crippen LogP contribution in [0, 0.1) is 0 Å².